The molecule has 0 unspecified atom stereocenters. The van der Waals surface area contributed by atoms with Crippen LogP contribution in [0.3, 0.4) is 0 Å². The van der Waals surface area contributed by atoms with Gasteiger partial charge in [-0.2, -0.15) is 0 Å². The molecule has 0 aromatic heterocycles. The molecule has 0 aliphatic heterocycles. The number of rotatable bonds is 3. The van der Waals surface area contributed by atoms with E-state index in [1.807, 2.05) is 6.07 Å². The van der Waals surface area contributed by atoms with E-state index >= 15 is 0 Å². The van der Waals surface area contributed by atoms with Crippen molar-refractivity contribution in [2.45, 2.75) is 19.9 Å². The van der Waals surface area contributed by atoms with Crippen LogP contribution in [0.4, 0.5) is 0 Å². The molecule has 0 amide bonds. The van der Waals surface area contributed by atoms with E-state index < -0.39 is 0 Å². The lowest BCUT2D eigenvalue weighted by Crippen LogP contribution is -2.16. The molecule has 78 valence electrons. The van der Waals surface area contributed by atoms with Gasteiger partial charge in [0.25, 0.3) is 0 Å². The van der Waals surface area contributed by atoms with Crippen LogP contribution < -0.4 is 10.5 Å². The molecule has 0 radical (unpaired) electrons. The number of hydrogen-bond donors (Lipinski definition) is 2. The van der Waals surface area contributed by atoms with Gasteiger partial charge in [-0.1, -0.05) is 19.9 Å². The van der Waals surface area contributed by atoms with Gasteiger partial charge in [0.2, 0.25) is 0 Å². The van der Waals surface area contributed by atoms with Crippen LogP contribution in [-0.4, -0.2) is 12.2 Å². The molecule has 1 aromatic rings. The van der Waals surface area contributed by atoms with Gasteiger partial charge in [0.15, 0.2) is 11.5 Å². The van der Waals surface area contributed by atoms with Crippen molar-refractivity contribution in [3.63, 3.8) is 0 Å². The van der Waals surface area contributed by atoms with Crippen LogP contribution in [0.2, 0.25) is 0 Å². The van der Waals surface area contributed by atoms with Crippen LogP contribution in [0.5, 0.6) is 11.5 Å². The summed E-state index contributed by atoms with van der Waals surface area (Å²) in [6.07, 6.45) is 0. The zero-order valence-electron chi connectivity index (χ0n) is 8.82. The summed E-state index contributed by atoms with van der Waals surface area (Å²) in [4.78, 5) is 0. The van der Waals surface area contributed by atoms with Gasteiger partial charge in [0.05, 0.1) is 7.11 Å². The molecule has 0 bridgehead atoms. The highest BCUT2D eigenvalue weighted by Gasteiger charge is 2.12. The first-order valence-electron chi connectivity index (χ1n) is 4.68. The maximum absolute atomic E-state index is 9.39. The number of nitrogens with two attached hydrogens (primary N) is 1. The number of methoxy groups -OCH3 is 1. The average Bonchev–Trinajstić information content (AvgIpc) is 2.17. The van der Waals surface area contributed by atoms with E-state index in [4.69, 9.17) is 10.5 Å². The van der Waals surface area contributed by atoms with Crippen LogP contribution >= 0.6 is 0 Å². The first-order valence-corrected chi connectivity index (χ1v) is 4.68. The fourth-order valence-corrected chi connectivity index (χ4v) is 1.29. The number of phenols is 1. The maximum Gasteiger partial charge on any atom is 0.160 e. The first-order chi connectivity index (χ1) is 6.56. The van der Waals surface area contributed by atoms with Gasteiger partial charge in [-0.25, -0.2) is 0 Å². The molecule has 0 aliphatic carbocycles. The summed E-state index contributed by atoms with van der Waals surface area (Å²) < 4.78 is 5.01. The highest BCUT2D eigenvalue weighted by Crippen LogP contribution is 2.30. The molecular weight excluding hydrogens is 178 g/mol. The fourth-order valence-electron chi connectivity index (χ4n) is 1.29. The SMILES string of the molecule is COc1cc([C@@H](N)C(C)C)ccc1O. The van der Waals surface area contributed by atoms with Crippen molar-refractivity contribution < 1.29 is 9.84 Å². The van der Waals surface area contributed by atoms with Crippen LogP contribution in [0.15, 0.2) is 18.2 Å². The van der Waals surface area contributed by atoms with Crippen LogP contribution in [0.25, 0.3) is 0 Å². The molecule has 0 heterocycles. The highest BCUT2D eigenvalue weighted by atomic mass is 16.5. The van der Waals surface area contributed by atoms with Crippen LogP contribution in [-0.2, 0) is 0 Å². The number of benzene rings is 1. The van der Waals surface area contributed by atoms with Gasteiger partial charge in [0.1, 0.15) is 0 Å². The lowest BCUT2D eigenvalue weighted by atomic mass is 9.97. The summed E-state index contributed by atoms with van der Waals surface area (Å²) in [7, 11) is 1.53. The monoisotopic (exact) mass is 195 g/mol. The fraction of sp³-hybridized carbons (Fsp3) is 0.455. The van der Waals surface area contributed by atoms with Crippen molar-refractivity contribution in [2.24, 2.45) is 11.7 Å². The summed E-state index contributed by atoms with van der Waals surface area (Å²) >= 11 is 0. The number of ether oxygens (including phenoxy) is 1. The highest BCUT2D eigenvalue weighted by molar-refractivity contribution is 5.42. The van der Waals surface area contributed by atoms with Crippen molar-refractivity contribution in [2.75, 3.05) is 7.11 Å². The minimum atomic E-state index is -0.0236. The van der Waals surface area contributed by atoms with E-state index in [2.05, 4.69) is 13.8 Å². The van der Waals surface area contributed by atoms with Gasteiger partial charge < -0.3 is 15.6 Å². The third kappa shape index (κ3) is 2.17. The molecule has 0 saturated carbocycles. The van der Waals surface area contributed by atoms with E-state index in [0.29, 0.717) is 11.7 Å². The molecule has 1 atom stereocenters. The van der Waals surface area contributed by atoms with Gasteiger partial charge in [0, 0.05) is 6.04 Å². The zero-order chi connectivity index (χ0) is 10.7. The number of phenolic OH excluding ortho intramolecular Hbond substituents is 1. The van der Waals surface area contributed by atoms with E-state index in [9.17, 15) is 5.11 Å². The second kappa shape index (κ2) is 4.33. The van der Waals surface area contributed by atoms with Gasteiger partial charge in [-0.15, -0.1) is 0 Å². The van der Waals surface area contributed by atoms with Crippen molar-refractivity contribution in [1.82, 2.24) is 0 Å². The van der Waals surface area contributed by atoms with E-state index in [-0.39, 0.29) is 11.8 Å². The minimum absolute atomic E-state index is 0.0236. The topological polar surface area (TPSA) is 55.5 Å². The Morgan fingerprint density at radius 3 is 2.50 bits per heavy atom. The van der Waals surface area contributed by atoms with E-state index in [1.54, 1.807) is 12.1 Å². The van der Waals surface area contributed by atoms with Gasteiger partial charge in [-0.05, 0) is 23.6 Å². The Kier molecular flexibility index (Phi) is 3.36. The summed E-state index contributed by atoms with van der Waals surface area (Å²) in [6, 6.07) is 5.18. The molecule has 1 rings (SSSR count). The van der Waals surface area contributed by atoms with Crippen molar-refractivity contribution in [3.8, 4) is 11.5 Å². The van der Waals surface area contributed by atoms with Crippen LogP contribution in [0.1, 0.15) is 25.5 Å². The molecule has 0 aliphatic rings. The summed E-state index contributed by atoms with van der Waals surface area (Å²) in [5, 5.41) is 9.39. The predicted molar refractivity (Wildman–Crippen MR) is 56.4 cm³/mol. The lowest BCUT2D eigenvalue weighted by Gasteiger charge is -2.17. The quantitative estimate of drug-likeness (QED) is 0.776. The normalized spacial score (nSPS) is 12.9. The van der Waals surface area contributed by atoms with Crippen molar-refractivity contribution in [3.05, 3.63) is 23.8 Å². The Morgan fingerprint density at radius 1 is 1.36 bits per heavy atom. The third-order valence-corrected chi connectivity index (χ3v) is 2.31. The Bertz CT molecular complexity index is 310. The lowest BCUT2D eigenvalue weighted by molar-refractivity contribution is 0.371. The number of hydrogen-bond acceptors (Lipinski definition) is 3. The van der Waals surface area contributed by atoms with Gasteiger partial charge in [-0.3, -0.25) is 0 Å². The maximum atomic E-state index is 9.39. The summed E-state index contributed by atoms with van der Waals surface area (Å²) in [5.41, 5.74) is 6.96. The van der Waals surface area contributed by atoms with Gasteiger partial charge >= 0.3 is 0 Å². The Hall–Kier alpha value is -1.22. The van der Waals surface area contributed by atoms with Crippen molar-refractivity contribution in [1.29, 1.82) is 0 Å². The molecular formula is C11H17NO2. The summed E-state index contributed by atoms with van der Waals surface area (Å²) in [6.45, 7) is 4.12. The van der Waals surface area contributed by atoms with E-state index in [0.717, 1.165) is 5.56 Å². The smallest absolute Gasteiger partial charge is 0.160 e. The second-order valence-electron chi connectivity index (χ2n) is 3.70. The van der Waals surface area contributed by atoms with Crippen LogP contribution in [0, 0.1) is 5.92 Å². The third-order valence-electron chi connectivity index (χ3n) is 2.31. The summed E-state index contributed by atoms with van der Waals surface area (Å²) in [5.74, 6) is 0.982. The molecule has 0 fully saturated rings. The predicted octanol–water partition coefficient (Wildman–Crippen LogP) is 2.06. The number of aromatic hydroxyl groups is 1. The molecule has 3 heteroatoms. The molecule has 14 heavy (non-hydrogen) atoms. The molecule has 0 saturated heterocycles. The Balaban J connectivity index is 3.00. The first kappa shape index (κ1) is 10.9. The van der Waals surface area contributed by atoms with Crippen molar-refractivity contribution >= 4 is 0 Å². The minimum Gasteiger partial charge on any atom is -0.504 e. The molecule has 3 nitrogen and oxygen atoms in total. The molecule has 1 aromatic carbocycles. The van der Waals surface area contributed by atoms with E-state index in [1.165, 1.54) is 7.11 Å². The Morgan fingerprint density at radius 2 is 2.00 bits per heavy atom. The molecule has 3 N–H and O–H groups in total. The largest absolute Gasteiger partial charge is 0.504 e. The second-order valence-corrected chi connectivity index (χ2v) is 3.70. The zero-order valence-corrected chi connectivity index (χ0v) is 8.82. The standard InChI is InChI=1S/C11H17NO2/c1-7(2)11(12)8-4-5-9(13)10(6-8)14-3/h4-7,11,13H,12H2,1-3H3/t11-/m0/s1. The molecule has 0 spiro atoms. The average molecular weight is 195 g/mol. The Labute approximate surface area is 84.5 Å².